The quantitative estimate of drug-likeness (QED) is 0.870. The maximum atomic E-state index is 11.7. The molecular formula is C14H19NO2. The van der Waals surface area contributed by atoms with E-state index in [2.05, 4.69) is 18.3 Å². The molecule has 1 aliphatic rings. The number of rotatable bonds is 3. The third-order valence-corrected chi connectivity index (χ3v) is 3.07. The van der Waals surface area contributed by atoms with Crippen LogP contribution in [-0.2, 0) is 11.2 Å². The van der Waals surface area contributed by atoms with E-state index in [0.29, 0.717) is 0 Å². The van der Waals surface area contributed by atoms with E-state index in [1.54, 1.807) is 0 Å². The molecule has 1 saturated heterocycles. The monoisotopic (exact) mass is 233 g/mol. The summed E-state index contributed by atoms with van der Waals surface area (Å²) in [6.07, 6.45) is 3.54. The number of nitrogens with one attached hydrogen (secondary N) is 1. The third-order valence-electron chi connectivity index (χ3n) is 3.07. The first kappa shape index (κ1) is 12.0. The van der Waals surface area contributed by atoms with Gasteiger partial charge in [0, 0.05) is 6.54 Å². The zero-order valence-electron chi connectivity index (χ0n) is 10.2. The summed E-state index contributed by atoms with van der Waals surface area (Å²) < 4.78 is 5.78. The average Bonchev–Trinajstić information content (AvgIpc) is 2.55. The van der Waals surface area contributed by atoms with E-state index in [9.17, 15) is 4.79 Å². The normalized spacial score (nSPS) is 20.5. The van der Waals surface area contributed by atoms with Gasteiger partial charge in [-0.05, 0) is 43.4 Å². The van der Waals surface area contributed by atoms with Gasteiger partial charge in [-0.2, -0.15) is 0 Å². The van der Waals surface area contributed by atoms with Gasteiger partial charge in [0.05, 0.1) is 0 Å². The van der Waals surface area contributed by atoms with E-state index in [1.807, 2.05) is 18.2 Å². The molecule has 0 aromatic heterocycles. The van der Waals surface area contributed by atoms with Crippen LogP contribution in [0, 0.1) is 0 Å². The molecule has 3 heteroatoms. The third kappa shape index (κ3) is 3.22. The van der Waals surface area contributed by atoms with Crippen molar-refractivity contribution in [2.75, 3.05) is 6.54 Å². The second-order valence-corrected chi connectivity index (χ2v) is 4.39. The summed E-state index contributed by atoms with van der Waals surface area (Å²) in [4.78, 5) is 11.7. The van der Waals surface area contributed by atoms with E-state index in [4.69, 9.17) is 4.74 Å². The predicted molar refractivity (Wildman–Crippen MR) is 67.1 cm³/mol. The highest BCUT2D eigenvalue weighted by atomic mass is 16.5. The van der Waals surface area contributed by atoms with Gasteiger partial charge in [0.2, 0.25) is 0 Å². The second-order valence-electron chi connectivity index (χ2n) is 4.39. The first-order valence-corrected chi connectivity index (χ1v) is 6.33. The molecule has 0 aliphatic carbocycles. The Kier molecular flexibility index (Phi) is 4.02. The first-order chi connectivity index (χ1) is 8.29. The standard InChI is InChI=1S/C14H19NO2/c1-2-11-6-5-7-12(10-11)17-13-8-3-4-9-15-14(13)16/h5-7,10,13H,2-4,8-9H2,1H3,(H,15,16). The van der Waals surface area contributed by atoms with Crippen molar-refractivity contribution in [1.82, 2.24) is 5.32 Å². The Morgan fingerprint density at radius 1 is 1.41 bits per heavy atom. The van der Waals surface area contributed by atoms with Crippen LogP contribution in [0.25, 0.3) is 0 Å². The molecule has 0 bridgehead atoms. The van der Waals surface area contributed by atoms with Crippen LogP contribution in [0.15, 0.2) is 24.3 Å². The van der Waals surface area contributed by atoms with Crippen molar-refractivity contribution in [3.05, 3.63) is 29.8 Å². The molecule has 1 aliphatic heterocycles. The molecule has 3 nitrogen and oxygen atoms in total. The van der Waals surface area contributed by atoms with Gasteiger partial charge in [-0.25, -0.2) is 0 Å². The fourth-order valence-corrected chi connectivity index (χ4v) is 2.03. The molecule has 92 valence electrons. The van der Waals surface area contributed by atoms with Crippen molar-refractivity contribution in [2.24, 2.45) is 0 Å². The maximum Gasteiger partial charge on any atom is 0.261 e. The molecule has 1 aromatic rings. The van der Waals surface area contributed by atoms with Crippen LogP contribution in [0.4, 0.5) is 0 Å². The number of benzene rings is 1. The first-order valence-electron chi connectivity index (χ1n) is 6.33. The average molecular weight is 233 g/mol. The van der Waals surface area contributed by atoms with E-state index in [0.717, 1.165) is 38.0 Å². The van der Waals surface area contributed by atoms with Crippen molar-refractivity contribution >= 4 is 5.91 Å². The molecule has 1 N–H and O–H groups in total. The number of carbonyl (C=O) groups is 1. The minimum absolute atomic E-state index is 0.0180. The van der Waals surface area contributed by atoms with Crippen LogP contribution < -0.4 is 10.1 Å². The second kappa shape index (κ2) is 5.71. The lowest BCUT2D eigenvalue weighted by molar-refractivity contribution is -0.127. The van der Waals surface area contributed by atoms with Crippen LogP contribution in [0.2, 0.25) is 0 Å². The van der Waals surface area contributed by atoms with E-state index in [-0.39, 0.29) is 12.0 Å². The zero-order chi connectivity index (χ0) is 12.1. The summed E-state index contributed by atoms with van der Waals surface area (Å²) in [6.45, 7) is 2.88. The number of aryl methyl sites for hydroxylation is 1. The van der Waals surface area contributed by atoms with E-state index < -0.39 is 0 Å². The molecule has 0 radical (unpaired) electrons. The molecule has 0 spiro atoms. The molecule has 2 rings (SSSR count). The Labute approximate surface area is 102 Å². The van der Waals surface area contributed by atoms with Crippen molar-refractivity contribution in [1.29, 1.82) is 0 Å². The Morgan fingerprint density at radius 3 is 3.12 bits per heavy atom. The van der Waals surface area contributed by atoms with E-state index >= 15 is 0 Å². The summed E-state index contributed by atoms with van der Waals surface area (Å²) in [5.41, 5.74) is 1.23. The van der Waals surface area contributed by atoms with Crippen LogP contribution >= 0.6 is 0 Å². The Hall–Kier alpha value is -1.51. The molecule has 1 unspecified atom stereocenters. The molecular weight excluding hydrogens is 214 g/mol. The smallest absolute Gasteiger partial charge is 0.261 e. The van der Waals surface area contributed by atoms with Gasteiger partial charge in [-0.15, -0.1) is 0 Å². The fraction of sp³-hybridized carbons (Fsp3) is 0.500. The van der Waals surface area contributed by atoms with Crippen LogP contribution in [0.5, 0.6) is 5.75 Å². The van der Waals surface area contributed by atoms with Crippen molar-refractivity contribution in [3.8, 4) is 5.75 Å². The Bertz CT molecular complexity index is 390. The largest absolute Gasteiger partial charge is 0.481 e. The molecule has 0 saturated carbocycles. The lowest BCUT2D eigenvalue weighted by Crippen LogP contribution is -2.36. The van der Waals surface area contributed by atoms with Gasteiger partial charge in [0.1, 0.15) is 5.75 Å². The lowest BCUT2D eigenvalue weighted by Gasteiger charge is -2.16. The molecule has 1 atom stereocenters. The topological polar surface area (TPSA) is 38.3 Å². The molecule has 17 heavy (non-hydrogen) atoms. The highest BCUT2D eigenvalue weighted by molar-refractivity contribution is 5.81. The number of ether oxygens (including phenoxy) is 1. The van der Waals surface area contributed by atoms with Gasteiger partial charge in [0.25, 0.3) is 5.91 Å². The summed E-state index contributed by atoms with van der Waals surface area (Å²) in [5.74, 6) is 0.816. The highest BCUT2D eigenvalue weighted by Gasteiger charge is 2.22. The molecule has 1 fully saturated rings. The SMILES string of the molecule is CCc1cccc(OC2CCCCNC2=O)c1. The summed E-state index contributed by atoms with van der Waals surface area (Å²) >= 11 is 0. The number of hydrogen-bond donors (Lipinski definition) is 1. The zero-order valence-corrected chi connectivity index (χ0v) is 10.2. The maximum absolute atomic E-state index is 11.7. The molecule has 1 amide bonds. The summed E-state index contributed by atoms with van der Waals surface area (Å²) in [7, 11) is 0. The van der Waals surface area contributed by atoms with Crippen LogP contribution in [-0.4, -0.2) is 18.6 Å². The van der Waals surface area contributed by atoms with Gasteiger partial charge >= 0.3 is 0 Å². The van der Waals surface area contributed by atoms with E-state index in [1.165, 1.54) is 5.56 Å². The molecule has 1 heterocycles. The summed E-state index contributed by atoms with van der Waals surface area (Å²) in [6, 6.07) is 7.97. The van der Waals surface area contributed by atoms with Crippen molar-refractivity contribution in [3.63, 3.8) is 0 Å². The van der Waals surface area contributed by atoms with Crippen LogP contribution in [0.1, 0.15) is 31.7 Å². The minimum atomic E-state index is -0.329. The Morgan fingerprint density at radius 2 is 2.29 bits per heavy atom. The minimum Gasteiger partial charge on any atom is -0.481 e. The van der Waals surface area contributed by atoms with Gasteiger partial charge in [0.15, 0.2) is 6.10 Å². The Balaban J connectivity index is 2.05. The fourth-order valence-electron chi connectivity index (χ4n) is 2.03. The molecule has 1 aromatic carbocycles. The van der Waals surface area contributed by atoms with Gasteiger partial charge < -0.3 is 10.1 Å². The number of amides is 1. The van der Waals surface area contributed by atoms with Crippen LogP contribution in [0.3, 0.4) is 0 Å². The lowest BCUT2D eigenvalue weighted by atomic mass is 10.1. The van der Waals surface area contributed by atoms with Gasteiger partial charge in [-0.1, -0.05) is 19.1 Å². The number of hydrogen-bond acceptors (Lipinski definition) is 2. The van der Waals surface area contributed by atoms with Crippen molar-refractivity contribution < 1.29 is 9.53 Å². The highest BCUT2D eigenvalue weighted by Crippen LogP contribution is 2.18. The summed E-state index contributed by atoms with van der Waals surface area (Å²) in [5, 5.41) is 2.88. The van der Waals surface area contributed by atoms with Gasteiger partial charge in [-0.3, -0.25) is 4.79 Å². The predicted octanol–water partition coefficient (Wildman–Crippen LogP) is 2.30. The van der Waals surface area contributed by atoms with Crippen molar-refractivity contribution in [2.45, 2.75) is 38.7 Å². The number of carbonyl (C=O) groups excluding carboxylic acids is 1.